The fourth-order valence-electron chi connectivity index (χ4n) is 4.15. The quantitative estimate of drug-likeness (QED) is 0.200. The number of halogens is 1. The van der Waals surface area contributed by atoms with Crippen LogP contribution in [0.4, 0.5) is 10.1 Å². The summed E-state index contributed by atoms with van der Waals surface area (Å²) < 4.78 is 13.5. The van der Waals surface area contributed by atoms with Crippen molar-refractivity contribution in [2.75, 3.05) is 18.4 Å². The van der Waals surface area contributed by atoms with E-state index in [1.54, 1.807) is 49.1 Å². The first-order chi connectivity index (χ1) is 18.6. The highest BCUT2D eigenvalue weighted by molar-refractivity contribution is 6.34. The number of anilines is 1. The molecule has 0 fully saturated rings. The number of hydrogen-bond donors (Lipinski definition) is 4. The van der Waals surface area contributed by atoms with Crippen molar-refractivity contribution in [1.29, 1.82) is 0 Å². The monoisotopic (exact) mass is 508 g/mol. The number of fused-ring (bicyclic) bond motifs is 1. The summed E-state index contributed by atoms with van der Waals surface area (Å²) in [6, 6.07) is 14.9. The van der Waals surface area contributed by atoms with Crippen LogP contribution in [0, 0.1) is 5.82 Å². The van der Waals surface area contributed by atoms with Crippen LogP contribution in [-0.2, 0) is 4.79 Å². The first-order valence-corrected chi connectivity index (χ1v) is 12.1. The van der Waals surface area contributed by atoms with E-state index in [1.807, 2.05) is 30.4 Å². The maximum Gasteiger partial charge on any atom is 0.256 e. The van der Waals surface area contributed by atoms with Crippen LogP contribution in [0.2, 0.25) is 0 Å². The number of aromatic amines is 1. The summed E-state index contributed by atoms with van der Waals surface area (Å²) in [7, 11) is 0. The molecular weight excluding hydrogens is 483 g/mol. The van der Waals surface area contributed by atoms with Gasteiger partial charge in [0.05, 0.1) is 35.4 Å². The number of nitrogens with zero attached hydrogens (tertiary/aromatic N) is 2. The molecule has 0 bridgehead atoms. The summed E-state index contributed by atoms with van der Waals surface area (Å²) in [5.41, 5.74) is 5.11. The summed E-state index contributed by atoms with van der Waals surface area (Å²) in [6.45, 7) is 0.971. The normalized spacial score (nSPS) is 14.4. The van der Waals surface area contributed by atoms with Crippen molar-refractivity contribution in [3.05, 3.63) is 119 Å². The molecule has 9 heteroatoms. The molecule has 0 saturated carbocycles. The van der Waals surface area contributed by atoms with Crippen molar-refractivity contribution in [2.45, 2.75) is 6.04 Å². The van der Waals surface area contributed by atoms with Crippen LogP contribution in [0.1, 0.15) is 38.8 Å². The minimum Gasteiger partial charge on any atom is -0.345 e. The Labute approximate surface area is 218 Å². The number of aromatic nitrogens is 3. The molecule has 2 aromatic carbocycles. The number of carbonyl (C=O) groups excluding carboxylic acids is 2. The largest absolute Gasteiger partial charge is 0.345 e. The van der Waals surface area contributed by atoms with E-state index in [0.29, 0.717) is 24.2 Å². The molecule has 0 saturated heterocycles. The number of nitrogens with one attached hydrogen (secondary N) is 4. The van der Waals surface area contributed by atoms with Crippen LogP contribution in [0.3, 0.4) is 0 Å². The first kappa shape index (κ1) is 24.8. The van der Waals surface area contributed by atoms with E-state index >= 15 is 0 Å². The van der Waals surface area contributed by atoms with Gasteiger partial charge in [-0.2, -0.15) is 0 Å². The molecule has 1 aliphatic rings. The lowest BCUT2D eigenvalue weighted by Crippen LogP contribution is -2.35. The Morgan fingerprint density at radius 1 is 1.08 bits per heavy atom. The molecule has 4 N–H and O–H groups in total. The standard InChI is InChI=1S/C29H25FN6O2/c30-22-8-6-20(7-9-22)27(36-28(37)21-4-2-12-31-15-21)17-32-11-1-3-19-5-10-24-25(14-23-16-33-18-34-23)29(38)35-26(24)13-19/h1-10,12-16,18,27,32H,11,17H2,(H,33,34)(H,35,38)(H,36,37)/b3-1+,25-14-/t27-/m1/s1. The SMILES string of the molecule is O=C1Nc2cc(/C=C/CNC[C@@H](NC(=O)c3cccnc3)c3ccc(F)cc3)ccc2/C1=C/c1cnc[nH]1. The highest BCUT2D eigenvalue weighted by Crippen LogP contribution is 2.33. The topological polar surface area (TPSA) is 112 Å². The van der Waals surface area contributed by atoms with E-state index in [0.717, 1.165) is 28.1 Å². The summed E-state index contributed by atoms with van der Waals surface area (Å²) in [6.07, 6.45) is 12.0. The fourth-order valence-corrected chi connectivity index (χ4v) is 4.15. The Bertz CT molecular complexity index is 1480. The molecule has 8 nitrogen and oxygen atoms in total. The zero-order chi connectivity index (χ0) is 26.3. The highest BCUT2D eigenvalue weighted by Gasteiger charge is 2.24. The maximum atomic E-state index is 13.5. The molecule has 4 aromatic rings. The molecule has 1 atom stereocenters. The number of hydrogen-bond acceptors (Lipinski definition) is 5. The van der Waals surface area contributed by atoms with Crippen LogP contribution in [0.25, 0.3) is 17.7 Å². The van der Waals surface area contributed by atoms with Crippen LogP contribution >= 0.6 is 0 Å². The van der Waals surface area contributed by atoms with Crippen LogP contribution < -0.4 is 16.0 Å². The van der Waals surface area contributed by atoms with Gasteiger partial charge in [0, 0.05) is 36.7 Å². The summed E-state index contributed by atoms with van der Waals surface area (Å²) in [4.78, 5) is 36.1. The fraction of sp³-hybridized carbons (Fsp3) is 0.103. The minimum atomic E-state index is -0.369. The third-order valence-electron chi connectivity index (χ3n) is 6.07. The molecule has 1 aliphatic heterocycles. The summed E-state index contributed by atoms with van der Waals surface area (Å²) in [5.74, 6) is -0.750. The number of benzene rings is 2. The Hall–Kier alpha value is -4.89. The minimum absolute atomic E-state index is 0.155. The lowest BCUT2D eigenvalue weighted by molar-refractivity contribution is -0.110. The molecule has 2 aromatic heterocycles. The Morgan fingerprint density at radius 2 is 1.95 bits per heavy atom. The van der Waals surface area contributed by atoms with E-state index in [-0.39, 0.29) is 23.7 Å². The summed E-state index contributed by atoms with van der Waals surface area (Å²) in [5, 5.41) is 9.22. The first-order valence-electron chi connectivity index (χ1n) is 12.1. The highest BCUT2D eigenvalue weighted by atomic mass is 19.1. The molecule has 190 valence electrons. The molecule has 0 aliphatic carbocycles. The van der Waals surface area contributed by atoms with Gasteiger partial charge in [0.1, 0.15) is 5.82 Å². The number of carbonyl (C=O) groups is 2. The van der Waals surface area contributed by atoms with Crippen molar-refractivity contribution in [3.63, 3.8) is 0 Å². The van der Waals surface area contributed by atoms with Gasteiger partial charge in [-0.3, -0.25) is 14.6 Å². The second-order valence-electron chi connectivity index (χ2n) is 8.70. The van der Waals surface area contributed by atoms with Crippen molar-refractivity contribution < 1.29 is 14.0 Å². The van der Waals surface area contributed by atoms with Crippen molar-refractivity contribution >= 4 is 35.2 Å². The predicted molar refractivity (Wildman–Crippen MR) is 144 cm³/mol. The van der Waals surface area contributed by atoms with E-state index in [9.17, 15) is 14.0 Å². The smallest absolute Gasteiger partial charge is 0.256 e. The zero-order valence-electron chi connectivity index (χ0n) is 20.3. The molecule has 0 unspecified atom stereocenters. The van der Waals surface area contributed by atoms with Gasteiger partial charge >= 0.3 is 0 Å². The molecule has 38 heavy (non-hydrogen) atoms. The van der Waals surface area contributed by atoms with Crippen molar-refractivity contribution in [1.82, 2.24) is 25.6 Å². The third-order valence-corrected chi connectivity index (χ3v) is 6.07. The van der Waals surface area contributed by atoms with Crippen molar-refractivity contribution in [3.8, 4) is 0 Å². The maximum absolute atomic E-state index is 13.5. The molecule has 0 radical (unpaired) electrons. The Kier molecular flexibility index (Phi) is 7.47. The number of pyridine rings is 1. The van der Waals surface area contributed by atoms with Gasteiger partial charge in [-0.05, 0) is 47.5 Å². The van der Waals surface area contributed by atoms with E-state index in [4.69, 9.17) is 0 Å². The number of amides is 2. The Morgan fingerprint density at radius 3 is 2.71 bits per heavy atom. The Balaban J connectivity index is 1.21. The lowest BCUT2D eigenvalue weighted by Gasteiger charge is -2.19. The van der Waals surface area contributed by atoms with Gasteiger partial charge in [0.25, 0.3) is 11.8 Å². The van der Waals surface area contributed by atoms with Gasteiger partial charge in [-0.25, -0.2) is 9.37 Å². The van der Waals surface area contributed by atoms with E-state index in [2.05, 4.69) is 30.9 Å². The molecule has 5 rings (SSSR count). The van der Waals surface area contributed by atoms with Gasteiger partial charge in [-0.1, -0.05) is 36.4 Å². The van der Waals surface area contributed by atoms with Gasteiger partial charge < -0.3 is 20.9 Å². The molecule has 0 spiro atoms. The number of rotatable bonds is 9. The average molecular weight is 509 g/mol. The predicted octanol–water partition coefficient (Wildman–Crippen LogP) is 4.21. The van der Waals surface area contributed by atoms with E-state index < -0.39 is 0 Å². The van der Waals surface area contributed by atoms with Gasteiger partial charge in [0.2, 0.25) is 0 Å². The van der Waals surface area contributed by atoms with Gasteiger partial charge in [-0.15, -0.1) is 0 Å². The van der Waals surface area contributed by atoms with Crippen LogP contribution in [0.5, 0.6) is 0 Å². The molecular formula is C29H25FN6O2. The summed E-state index contributed by atoms with van der Waals surface area (Å²) >= 11 is 0. The molecule has 3 heterocycles. The van der Waals surface area contributed by atoms with Crippen LogP contribution in [0.15, 0.2) is 85.6 Å². The van der Waals surface area contributed by atoms with Crippen LogP contribution in [-0.4, -0.2) is 39.9 Å². The number of imidazole rings is 1. The van der Waals surface area contributed by atoms with Crippen molar-refractivity contribution in [2.24, 2.45) is 0 Å². The second kappa shape index (κ2) is 11.4. The number of H-pyrrole nitrogens is 1. The third kappa shape index (κ3) is 5.91. The zero-order valence-corrected chi connectivity index (χ0v) is 20.3. The average Bonchev–Trinajstić information content (AvgIpc) is 3.56. The molecule has 2 amide bonds. The second-order valence-corrected chi connectivity index (χ2v) is 8.70. The van der Waals surface area contributed by atoms with Gasteiger partial charge in [0.15, 0.2) is 0 Å². The van der Waals surface area contributed by atoms with E-state index in [1.165, 1.54) is 18.3 Å². The lowest BCUT2D eigenvalue weighted by atomic mass is 10.0.